The molecule has 1 aliphatic rings. The average molecular weight is 468 g/mol. The predicted octanol–water partition coefficient (Wildman–Crippen LogP) is 1.65. The Morgan fingerprint density at radius 1 is 1.21 bits per heavy atom. The van der Waals surface area contributed by atoms with Gasteiger partial charge in [0.2, 0.25) is 5.16 Å². The maximum atomic E-state index is 12.2. The van der Waals surface area contributed by atoms with E-state index in [1.807, 2.05) is 30.3 Å². The standard InChI is InChI=1S/C20H20N8O4S/c29-19(14-33-20-23-24-25-27(20)16-4-2-1-3-5-16)22-21-13-15-12-17(6-7-18(15)28(30)31)26-8-10-32-11-9-26/h1-7,12-13H,8-11,14H2,(H,22,29)/b21-13+. The molecule has 13 heteroatoms. The van der Waals surface area contributed by atoms with E-state index in [2.05, 4.69) is 31.0 Å². The third-order valence-corrected chi connectivity index (χ3v) is 5.67. The highest BCUT2D eigenvalue weighted by atomic mass is 32.2. The van der Waals surface area contributed by atoms with Gasteiger partial charge in [0.05, 0.1) is 41.4 Å². The van der Waals surface area contributed by atoms with Crippen molar-refractivity contribution in [3.8, 4) is 5.69 Å². The van der Waals surface area contributed by atoms with Crippen molar-refractivity contribution in [1.82, 2.24) is 25.6 Å². The lowest BCUT2D eigenvalue weighted by Gasteiger charge is -2.28. The van der Waals surface area contributed by atoms with Crippen molar-refractivity contribution in [3.05, 3.63) is 64.2 Å². The normalized spacial score (nSPS) is 13.9. The molecule has 1 amide bonds. The van der Waals surface area contributed by atoms with Gasteiger partial charge < -0.3 is 9.64 Å². The number of ether oxygens (including phenoxy) is 1. The highest BCUT2D eigenvalue weighted by Gasteiger charge is 2.17. The second kappa shape index (κ2) is 10.7. The molecule has 1 saturated heterocycles. The first-order chi connectivity index (χ1) is 16.1. The van der Waals surface area contributed by atoms with Gasteiger partial charge in [0.15, 0.2) is 0 Å². The molecule has 0 radical (unpaired) electrons. The van der Waals surface area contributed by atoms with Crippen LogP contribution in [0.5, 0.6) is 0 Å². The number of hydrogen-bond donors (Lipinski definition) is 1. The molecule has 1 aliphatic heterocycles. The van der Waals surface area contributed by atoms with Crippen molar-refractivity contribution in [2.24, 2.45) is 5.10 Å². The number of nitro benzene ring substituents is 1. The largest absolute Gasteiger partial charge is 0.378 e. The third kappa shape index (κ3) is 5.70. The Morgan fingerprint density at radius 2 is 2.00 bits per heavy atom. The molecular formula is C20H20N8O4S. The predicted molar refractivity (Wildman–Crippen MR) is 122 cm³/mol. The summed E-state index contributed by atoms with van der Waals surface area (Å²) >= 11 is 1.15. The first-order valence-electron chi connectivity index (χ1n) is 10.0. The fourth-order valence-corrected chi connectivity index (χ4v) is 3.85. The van der Waals surface area contributed by atoms with Gasteiger partial charge >= 0.3 is 0 Å². The highest BCUT2D eigenvalue weighted by molar-refractivity contribution is 7.99. The van der Waals surface area contributed by atoms with Crippen LogP contribution in [-0.2, 0) is 9.53 Å². The van der Waals surface area contributed by atoms with E-state index >= 15 is 0 Å². The Balaban J connectivity index is 1.38. The topological polar surface area (TPSA) is 141 Å². The molecule has 0 atom stereocenters. The second-order valence-corrected chi connectivity index (χ2v) is 7.83. The number of nitrogens with one attached hydrogen (secondary N) is 1. The summed E-state index contributed by atoms with van der Waals surface area (Å²) in [6, 6.07) is 14.1. The number of nitro groups is 1. The number of anilines is 1. The van der Waals surface area contributed by atoms with Crippen LogP contribution in [0, 0.1) is 10.1 Å². The summed E-state index contributed by atoms with van der Waals surface area (Å²) in [5.41, 5.74) is 4.20. The molecule has 33 heavy (non-hydrogen) atoms. The number of tetrazole rings is 1. The van der Waals surface area contributed by atoms with E-state index < -0.39 is 10.8 Å². The lowest BCUT2D eigenvalue weighted by Crippen LogP contribution is -2.36. The SMILES string of the molecule is O=C(CSc1nnnn1-c1ccccc1)N/N=C/c1cc(N2CCOCC2)ccc1[N+](=O)[O-]. The Morgan fingerprint density at radius 3 is 2.76 bits per heavy atom. The van der Waals surface area contributed by atoms with Gasteiger partial charge in [-0.05, 0) is 34.7 Å². The summed E-state index contributed by atoms with van der Waals surface area (Å²) in [5.74, 6) is -0.383. The zero-order valence-electron chi connectivity index (χ0n) is 17.4. The monoisotopic (exact) mass is 468 g/mol. The number of carbonyl (C=O) groups is 1. The van der Waals surface area contributed by atoms with Gasteiger partial charge in [-0.2, -0.15) is 9.78 Å². The molecule has 0 aliphatic carbocycles. The fourth-order valence-electron chi connectivity index (χ4n) is 3.17. The van der Waals surface area contributed by atoms with Crippen LogP contribution >= 0.6 is 11.8 Å². The summed E-state index contributed by atoms with van der Waals surface area (Å²) in [6.45, 7) is 2.60. The van der Waals surface area contributed by atoms with E-state index in [0.717, 1.165) is 23.1 Å². The Kier molecular flexibility index (Phi) is 7.22. The zero-order chi connectivity index (χ0) is 23.0. The van der Waals surface area contributed by atoms with Gasteiger partial charge in [-0.15, -0.1) is 5.10 Å². The number of hydrazone groups is 1. The van der Waals surface area contributed by atoms with Crippen LogP contribution in [-0.4, -0.2) is 69.3 Å². The first kappa shape index (κ1) is 22.4. The van der Waals surface area contributed by atoms with Crippen molar-refractivity contribution in [2.75, 3.05) is 37.0 Å². The van der Waals surface area contributed by atoms with Crippen molar-refractivity contribution in [2.45, 2.75) is 5.16 Å². The summed E-state index contributed by atoms with van der Waals surface area (Å²) in [5, 5.41) is 27.3. The number of morpholine rings is 1. The van der Waals surface area contributed by atoms with Crippen LogP contribution in [0.15, 0.2) is 58.8 Å². The molecule has 0 unspecified atom stereocenters. The number of aromatic nitrogens is 4. The lowest BCUT2D eigenvalue weighted by molar-refractivity contribution is -0.385. The number of para-hydroxylation sites is 1. The van der Waals surface area contributed by atoms with Gasteiger partial charge in [0.1, 0.15) is 0 Å². The van der Waals surface area contributed by atoms with Crippen LogP contribution in [0.4, 0.5) is 11.4 Å². The van der Waals surface area contributed by atoms with E-state index in [9.17, 15) is 14.9 Å². The Labute approximate surface area is 192 Å². The van der Waals surface area contributed by atoms with Gasteiger partial charge in [-0.25, -0.2) is 5.43 Å². The van der Waals surface area contributed by atoms with E-state index in [1.165, 1.54) is 17.0 Å². The summed E-state index contributed by atoms with van der Waals surface area (Å²) in [7, 11) is 0. The van der Waals surface area contributed by atoms with Crippen LogP contribution in [0.1, 0.15) is 5.56 Å². The van der Waals surface area contributed by atoms with E-state index in [-0.39, 0.29) is 11.4 Å². The van der Waals surface area contributed by atoms with Gasteiger partial charge in [0.25, 0.3) is 11.6 Å². The number of nitrogens with zero attached hydrogens (tertiary/aromatic N) is 7. The molecule has 0 spiro atoms. The number of thioether (sulfide) groups is 1. The summed E-state index contributed by atoms with van der Waals surface area (Å²) in [6.07, 6.45) is 1.28. The number of carbonyl (C=O) groups excluding carboxylic acids is 1. The molecule has 3 aromatic rings. The van der Waals surface area contributed by atoms with Gasteiger partial charge in [-0.3, -0.25) is 14.9 Å². The van der Waals surface area contributed by atoms with Gasteiger partial charge in [-0.1, -0.05) is 30.0 Å². The quantitative estimate of drug-likeness (QED) is 0.226. The first-order valence-corrected chi connectivity index (χ1v) is 11.0. The molecule has 12 nitrogen and oxygen atoms in total. The lowest BCUT2D eigenvalue weighted by atomic mass is 10.1. The molecular weight excluding hydrogens is 448 g/mol. The van der Waals surface area contributed by atoms with Crippen molar-refractivity contribution in [3.63, 3.8) is 0 Å². The highest BCUT2D eigenvalue weighted by Crippen LogP contribution is 2.24. The Bertz CT molecular complexity index is 1150. The van der Waals surface area contributed by atoms with Crippen molar-refractivity contribution >= 4 is 35.3 Å². The van der Waals surface area contributed by atoms with E-state index in [4.69, 9.17) is 4.74 Å². The molecule has 1 fully saturated rings. The molecule has 1 N–H and O–H groups in total. The van der Waals surface area contributed by atoms with Crippen molar-refractivity contribution < 1.29 is 14.5 Å². The smallest absolute Gasteiger partial charge is 0.278 e. The zero-order valence-corrected chi connectivity index (χ0v) is 18.2. The summed E-state index contributed by atoms with van der Waals surface area (Å²) < 4.78 is 6.88. The minimum Gasteiger partial charge on any atom is -0.378 e. The van der Waals surface area contributed by atoms with Crippen molar-refractivity contribution in [1.29, 1.82) is 0 Å². The minimum absolute atomic E-state index is 0.0143. The number of hydrogen-bond acceptors (Lipinski definition) is 10. The summed E-state index contributed by atoms with van der Waals surface area (Å²) in [4.78, 5) is 25.2. The van der Waals surface area contributed by atoms with Crippen LogP contribution in [0.3, 0.4) is 0 Å². The van der Waals surface area contributed by atoms with E-state index in [0.29, 0.717) is 37.0 Å². The minimum atomic E-state index is -0.481. The number of amides is 1. The molecule has 0 bridgehead atoms. The molecule has 2 heterocycles. The van der Waals surface area contributed by atoms with Gasteiger partial charge in [0, 0.05) is 24.8 Å². The second-order valence-electron chi connectivity index (χ2n) is 6.89. The Hall–Kier alpha value is -3.84. The number of benzene rings is 2. The average Bonchev–Trinajstić information content (AvgIpc) is 3.32. The maximum absolute atomic E-state index is 12.2. The number of rotatable bonds is 8. The molecule has 170 valence electrons. The molecule has 0 saturated carbocycles. The van der Waals surface area contributed by atoms with E-state index in [1.54, 1.807) is 12.1 Å². The molecule has 4 rings (SSSR count). The maximum Gasteiger partial charge on any atom is 0.278 e. The third-order valence-electron chi connectivity index (χ3n) is 4.75. The van der Waals surface area contributed by atoms with Crippen LogP contribution < -0.4 is 10.3 Å². The molecule has 1 aromatic heterocycles. The fraction of sp³-hybridized carbons (Fsp3) is 0.250. The van der Waals surface area contributed by atoms with Crippen LogP contribution in [0.25, 0.3) is 5.69 Å². The van der Waals surface area contributed by atoms with Crippen LogP contribution in [0.2, 0.25) is 0 Å². The molecule has 2 aromatic carbocycles.